The van der Waals surface area contributed by atoms with Crippen LogP contribution in [0.1, 0.15) is 25.3 Å². The van der Waals surface area contributed by atoms with Crippen LogP contribution in [0.4, 0.5) is 5.69 Å². The summed E-state index contributed by atoms with van der Waals surface area (Å²) in [6, 6.07) is 8.72. The van der Waals surface area contributed by atoms with Crippen molar-refractivity contribution in [1.29, 1.82) is 0 Å². The van der Waals surface area contributed by atoms with E-state index in [1.165, 1.54) is 11.3 Å². The molecule has 1 unspecified atom stereocenters. The van der Waals surface area contributed by atoms with Gasteiger partial charge in [-0.3, -0.25) is 9.63 Å². The van der Waals surface area contributed by atoms with Gasteiger partial charge in [0.25, 0.3) is 0 Å². The molecule has 5 heteroatoms. The van der Waals surface area contributed by atoms with Crippen molar-refractivity contribution in [2.45, 2.75) is 32.7 Å². The van der Waals surface area contributed by atoms with Crippen molar-refractivity contribution in [1.82, 2.24) is 9.96 Å². The molecule has 0 aromatic heterocycles. The lowest BCUT2D eigenvalue weighted by Crippen LogP contribution is -2.54. The largest absolute Gasteiger partial charge is 0.367 e. The number of benzene rings is 1. The smallest absolute Gasteiger partial charge is 0.224 e. The van der Waals surface area contributed by atoms with Crippen LogP contribution in [-0.4, -0.2) is 61.2 Å². The maximum atomic E-state index is 12.5. The molecule has 1 aromatic carbocycles. The molecule has 2 aliphatic rings. The predicted octanol–water partition coefficient (Wildman–Crippen LogP) is 2.06. The molecule has 2 heterocycles. The van der Waals surface area contributed by atoms with E-state index in [-0.39, 0.29) is 11.9 Å². The highest BCUT2D eigenvalue weighted by Gasteiger charge is 2.28. The molecule has 1 aromatic rings. The zero-order chi connectivity index (χ0) is 16.2. The summed E-state index contributed by atoms with van der Waals surface area (Å²) >= 11 is 0. The van der Waals surface area contributed by atoms with Gasteiger partial charge < -0.3 is 9.80 Å². The summed E-state index contributed by atoms with van der Waals surface area (Å²) in [5.41, 5.74) is 2.59. The van der Waals surface area contributed by atoms with E-state index in [0.29, 0.717) is 13.0 Å². The summed E-state index contributed by atoms with van der Waals surface area (Å²) in [5.74, 6) is 0.248. The van der Waals surface area contributed by atoms with Crippen LogP contribution in [0.5, 0.6) is 0 Å². The zero-order valence-electron chi connectivity index (χ0n) is 14.2. The minimum absolute atomic E-state index is 0.246. The van der Waals surface area contributed by atoms with Gasteiger partial charge >= 0.3 is 0 Å². The highest BCUT2D eigenvalue weighted by atomic mass is 16.7. The second kappa shape index (κ2) is 7.32. The quantitative estimate of drug-likeness (QED) is 0.852. The van der Waals surface area contributed by atoms with Crippen LogP contribution in [0.25, 0.3) is 0 Å². The van der Waals surface area contributed by atoms with E-state index in [9.17, 15) is 4.79 Å². The number of hydroxylamine groups is 2. The predicted molar refractivity (Wildman–Crippen MR) is 91.3 cm³/mol. The number of carbonyl (C=O) groups excluding carboxylic acids is 1. The third-order valence-corrected chi connectivity index (χ3v) is 4.80. The van der Waals surface area contributed by atoms with Gasteiger partial charge in [0.1, 0.15) is 0 Å². The molecule has 23 heavy (non-hydrogen) atoms. The number of para-hydroxylation sites is 1. The molecule has 3 rings (SSSR count). The standard InChI is InChI=1S/C18H27N3O2/c1-15-6-3-4-7-17(15)19-11-12-21(16(2)14-19)18(22)8-10-20-9-5-13-23-20/h3-4,6-7,16H,5,8-14H2,1-2H3. The molecular formula is C18H27N3O2. The van der Waals surface area contributed by atoms with Gasteiger partial charge in [-0.05, 0) is 31.9 Å². The van der Waals surface area contributed by atoms with E-state index < -0.39 is 0 Å². The van der Waals surface area contributed by atoms with Crippen LogP contribution < -0.4 is 4.90 Å². The molecule has 0 aliphatic carbocycles. The lowest BCUT2D eigenvalue weighted by atomic mass is 10.1. The van der Waals surface area contributed by atoms with E-state index in [2.05, 4.69) is 43.0 Å². The number of hydrogen-bond donors (Lipinski definition) is 0. The normalized spacial score (nSPS) is 22.6. The first-order chi connectivity index (χ1) is 11.1. The Kier molecular flexibility index (Phi) is 5.18. The topological polar surface area (TPSA) is 36.0 Å². The van der Waals surface area contributed by atoms with Crippen LogP contribution in [0.3, 0.4) is 0 Å². The van der Waals surface area contributed by atoms with Crippen molar-refractivity contribution in [3.05, 3.63) is 29.8 Å². The van der Waals surface area contributed by atoms with E-state index in [0.717, 1.165) is 39.2 Å². The van der Waals surface area contributed by atoms with E-state index in [4.69, 9.17) is 4.84 Å². The number of nitrogens with zero attached hydrogens (tertiary/aromatic N) is 3. The summed E-state index contributed by atoms with van der Waals surface area (Å²) in [7, 11) is 0. The maximum absolute atomic E-state index is 12.5. The van der Waals surface area contributed by atoms with Crippen LogP contribution in [0.2, 0.25) is 0 Å². The van der Waals surface area contributed by atoms with Gasteiger partial charge in [0.05, 0.1) is 6.61 Å². The molecule has 0 N–H and O–H groups in total. The first-order valence-electron chi connectivity index (χ1n) is 8.63. The third kappa shape index (κ3) is 3.85. The first-order valence-corrected chi connectivity index (χ1v) is 8.63. The average Bonchev–Trinajstić information content (AvgIpc) is 3.06. The molecule has 0 radical (unpaired) electrons. The van der Waals surface area contributed by atoms with E-state index in [1.807, 2.05) is 9.96 Å². The Morgan fingerprint density at radius 3 is 2.78 bits per heavy atom. The van der Waals surface area contributed by atoms with Crippen molar-refractivity contribution in [2.75, 3.05) is 44.2 Å². The molecule has 1 amide bonds. The minimum Gasteiger partial charge on any atom is -0.367 e. The van der Waals surface area contributed by atoms with Crippen molar-refractivity contribution in [3.8, 4) is 0 Å². The summed E-state index contributed by atoms with van der Waals surface area (Å²) in [6.07, 6.45) is 1.62. The fraction of sp³-hybridized carbons (Fsp3) is 0.611. The van der Waals surface area contributed by atoms with Gasteiger partial charge in [-0.25, -0.2) is 0 Å². The molecule has 5 nitrogen and oxygen atoms in total. The number of hydrogen-bond acceptors (Lipinski definition) is 4. The van der Waals surface area contributed by atoms with E-state index >= 15 is 0 Å². The lowest BCUT2D eigenvalue weighted by molar-refractivity contribution is -0.140. The Hall–Kier alpha value is -1.59. The highest BCUT2D eigenvalue weighted by Crippen LogP contribution is 2.23. The number of rotatable bonds is 4. The van der Waals surface area contributed by atoms with Gasteiger partial charge in [0.2, 0.25) is 5.91 Å². The molecule has 2 fully saturated rings. The van der Waals surface area contributed by atoms with Crippen LogP contribution in [0.15, 0.2) is 24.3 Å². The molecule has 2 saturated heterocycles. The number of carbonyl (C=O) groups is 1. The molecule has 2 aliphatic heterocycles. The van der Waals surface area contributed by atoms with Crippen molar-refractivity contribution in [2.24, 2.45) is 0 Å². The van der Waals surface area contributed by atoms with E-state index in [1.54, 1.807) is 0 Å². The second-order valence-electron chi connectivity index (χ2n) is 6.53. The first kappa shape index (κ1) is 16.3. The highest BCUT2D eigenvalue weighted by molar-refractivity contribution is 5.77. The van der Waals surface area contributed by atoms with Crippen molar-refractivity contribution < 1.29 is 9.63 Å². The Balaban J connectivity index is 1.53. The molecule has 0 spiro atoms. The molecular weight excluding hydrogens is 290 g/mol. The van der Waals surface area contributed by atoms with Gasteiger partial charge in [0, 0.05) is 50.9 Å². The van der Waals surface area contributed by atoms with Crippen molar-refractivity contribution >= 4 is 11.6 Å². The zero-order valence-corrected chi connectivity index (χ0v) is 14.2. The number of anilines is 1. The molecule has 0 bridgehead atoms. The van der Waals surface area contributed by atoms with Crippen molar-refractivity contribution in [3.63, 3.8) is 0 Å². The molecule has 0 saturated carbocycles. The minimum atomic E-state index is 0.246. The summed E-state index contributed by atoms with van der Waals surface area (Å²) in [4.78, 5) is 22.4. The van der Waals surface area contributed by atoms with Crippen LogP contribution in [0, 0.1) is 6.92 Å². The average molecular weight is 317 g/mol. The Bertz CT molecular complexity index is 543. The van der Waals surface area contributed by atoms with Gasteiger partial charge in [0.15, 0.2) is 0 Å². The Morgan fingerprint density at radius 1 is 1.26 bits per heavy atom. The van der Waals surface area contributed by atoms with Gasteiger partial charge in [-0.2, -0.15) is 5.06 Å². The SMILES string of the molecule is Cc1ccccc1N1CCN(C(=O)CCN2CCCO2)C(C)C1. The second-order valence-corrected chi connectivity index (χ2v) is 6.53. The monoisotopic (exact) mass is 317 g/mol. The van der Waals surface area contributed by atoms with Crippen LogP contribution in [-0.2, 0) is 9.63 Å². The lowest BCUT2D eigenvalue weighted by Gasteiger charge is -2.41. The number of aryl methyl sites for hydroxylation is 1. The third-order valence-electron chi connectivity index (χ3n) is 4.80. The molecule has 1 atom stereocenters. The van der Waals surface area contributed by atoms with Gasteiger partial charge in [-0.15, -0.1) is 0 Å². The Labute approximate surface area is 138 Å². The van der Waals surface area contributed by atoms with Crippen LogP contribution >= 0.6 is 0 Å². The number of piperazine rings is 1. The maximum Gasteiger partial charge on any atom is 0.224 e. The summed E-state index contributed by atoms with van der Waals surface area (Å²) in [5, 5.41) is 1.92. The summed E-state index contributed by atoms with van der Waals surface area (Å²) < 4.78 is 0. The van der Waals surface area contributed by atoms with Gasteiger partial charge in [-0.1, -0.05) is 18.2 Å². The number of amides is 1. The fourth-order valence-electron chi connectivity index (χ4n) is 3.50. The summed E-state index contributed by atoms with van der Waals surface area (Å²) in [6.45, 7) is 9.35. The Morgan fingerprint density at radius 2 is 2.09 bits per heavy atom. The fourth-order valence-corrected chi connectivity index (χ4v) is 3.50. The molecule has 126 valence electrons.